The third-order valence-corrected chi connectivity index (χ3v) is 4.99. The summed E-state index contributed by atoms with van der Waals surface area (Å²) in [6.07, 6.45) is 2.32. The largest absolute Gasteiger partial charge is 0.342 e. The summed E-state index contributed by atoms with van der Waals surface area (Å²) < 4.78 is 1.57. The summed E-state index contributed by atoms with van der Waals surface area (Å²) in [5.74, 6) is 0.505. The van der Waals surface area contributed by atoms with Gasteiger partial charge in [0.15, 0.2) is 5.16 Å². The van der Waals surface area contributed by atoms with Crippen molar-refractivity contribution in [3.05, 3.63) is 22.6 Å². The second kappa shape index (κ2) is 5.88. The van der Waals surface area contributed by atoms with Crippen LogP contribution in [0.1, 0.15) is 0 Å². The number of aromatic nitrogens is 2. The molecule has 0 aliphatic carbocycles. The van der Waals surface area contributed by atoms with Gasteiger partial charge in [0.1, 0.15) is 0 Å². The number of piperazine rings is 1. The van der Waals surface area contributed by atoms with Gasteiger partial charge in [0.05, 0.1) is 5.92 Å². The molecule has 1 fully saturated rings. The summed E-state index contributed by atoms with van der Waals surface area (Å²) in [6.45, 7) is 2.67. The Hall–Kier alpha value is -1.83. The molecule has 2 amide bonds. The molecule has 1 aromatic rings. The average molecular weight is 308 g/mol. The zero-order valence-electron chi connectivity index (χ0n) is 11.5. The zero-order valence-corrected chi connectivity index (χ0v) is 12.3. The van der Waals surface area contributed by atoms with Gasteiger partial charge in [-0.05, 0) is 0 Å². The van der Waals surface area contributed by atoms with E-state index in [4.69, 9.17) is 0 Å². The Morgan fingerprint density at radius 3 is 2.81 bits per heavy atom. The summed E-state index contributed by atoms with van der Waals surface area (Å²) in [4.78, 5) is 42.7. The highest BCUT2D eigenvalue weighted by Crippen LogP contribution is 2.25. The van der Waals surface area contributed by atoms with Crippen LogP contribution in [0, 0.1) is 5.92 Å². The van der Waals surface area contributed by atoms with E-state index >= 15 is 0 Å². The fraction of sp³-hybridized carbons (Fsp3) is 0.538. The maximum atomic E-state index is 12.5. The lowest BCUT2D eigenvalue weighted by Gasteiger charge is -2.35. The van der Waals surface area contributed by atoms with Crippen molar-refractivity contribution in [2.75, 3.05) is 31.9 Å². The molecular formula is C13H16N4O3S. The smallest absolute Gasteiger partial charge is 0.254 e. The Labute approximate surface area is 125 Å². The average Bonchev–Trinajstić information content (AvgIpc) is 2.54. The van der Waals surface area contributed by atoms with E-state index in [0.29, 0.717) is 43.6 Å². The van der Waals surface area contributed by atoms with Gasteiger partial charge in [-0.25, -0.2) is 4.98 Å². The van der Waals surface area contributed by atoms with E-state index in [1.807, 2.05) is 0 Å². The number of rotatable bonds is 2. The van der Waals surface area contributed by atoms with E-state index in [2.05, 4.69) is 4.98 Å². The number of thioether (sulfide) groups is 1. The second-order valence-electron chi connectivity index (χ2n) is 5.15. The van der Waals surface area contributed by atoms with Gasteiger partial charge >= 0.3 is 0 Å². The monoisotopic (exact) mass is 308 g/mol. The van der Waals surface area contributed by atoms with Crippen molar-refractivity contribution in [2.24, 2.45) is 5.92 Å². The van der Waals surface area contributed by atoms with Crippen molar-refractivity contribution in [1.82, 2.24) is 19.4 Å². The van der Waals surface area contributed by atoms with E-state index in [1.165, 1.54) is 24.0 Å². The van der Waals surface area contributed by atoms with Crippen LogP contribution in [0.5, 0.6) is 0 Å². The minimum Gasteiger partial charge on any atom is -0.342 e. The van der Waals surface area contributed by atoms with Gasteiger partial charge in [0, 0.05) is 50.7 Å². The molecule has 0 bridgehead atoms. The van der Waals surface area contributed by atoms with E-state index in [0.717, 1.165) is 6.41 Å². The maximum Gasteiger partial charge on any atom is 0.254 e. The molecule has 2 aliphatic rings. The van der Waals surface area contributed by atoms with Gasteiger partial charge in [-0.1, -0.05) is 11.8 Å². The normalized spacial score (nSPS) is 21.8. The lowest BCUT2D eigenvalue weighted by atomic mass is 10.1. The predicted molar refractivity (Wildman–Crippen MR) is 76.9 cm³/mol. The fourth-order valence-electron chi connectivity index (χ4n) is 2.61. The van der Waals surface area contributed by atoms with E-state index in [1.54, 1.807) is 14.4 Å². The van der Waals surface area contributed by atoms with Crippen LogP contribution >= 0.6 is 11.8 Å². The quantitative estimate of drug-likeness (QED) is 0.532. The molecule has 0 radical (unpaired) electrons. The predicted octanol–water partition coefficient (Wildman–Crippen LogP) is -0.734. The number of carbonyl (C=O) groups excluding carboxylic acids is 2. The SMILES string of the molecule is O=CN1CCN(C(=O)C2CSc3nccc(=O)n3C2)CC1. The molecule has 1 aromatic heterocycles. The molecule has 0 saturated carbocycles. The van der Waals surface area contributed by atoms with Crippen LogP contribution in [0.25, 0.3) is 0 Å². The lowest BCUT2D eigenvalue weighted by molar-refractivity contribution is -0.138. The highest BCUT2D eigenvalue weighted by molar-refractivity contribution is 7.99. The third kappa shape index (κ3) is 2.80. The Morgan fingerprint density at radius 2 is 2.10 bits per heavy atom. The lowest BCUT2D eigenvalue weighted by Crippen LogP contribution is -2.51. The van der Waals surface area contributed by atoms with Crippen molar-refractivity contribution in [1.29, 1.82) is 0 Å². The van der Waals surface area contributed by atoms with Gasteiger partial charge in [0.2, 0.25) is 12.3 Å². The number of amides is 2. The van der Waals surface area contributed by atoms with Crippen molar-refractivity contribution in [2.45, 2.75) is 11.7 Å². The summed E-state index contributed by atoms with van der Waals surface area (Å²) >= 11 is 1.45. The highest BCUT2D eigenvalue weighted by Gasteiger charge is 2.31. The molecule has 0 spiro atoms. The molecule has 0 N–H and O–H groups in total. The Morgan fingerprint density at radius 1 is 1.33 bits per heavy atom. The van der Waals surface area contributed by atoms with Gasteiger partial charge in [-0.2, -0.15) is 0 Å². The molecular weight excluding hydrogens is 292 g/mol. The first-order chi connectivity index (χ1) is 10.2. The minimum atomic E-state index is -0.202. The number of hydrogen-bond acceptors (Lipinski definition) is 5. The van der Waals surface area contributed by atoms with E-state index in [9.17, 15) is 14.4 Å². The molecule has 7 nitrogen and oxygen atoms in total. The standard InChI is InChI=1S/C13H16N4O3S/c18-9-15-3-5-16(6-4-15)12(20)10-7-17-11(19)1-2-14-13(17)21-8-10/h1-2,9-10H,3-8H2. The van der Waals surface area contributed by atoms with Crippen molar-refractivity contribution < 1.29 is 9.59 Å². The number of nitrogens with zero attached hydrogens (tertiary/aromatic N) is 4. The van der Waals surface area contributed by atoms with Gasteiger partial charge in [-0.3, -0.25) is 19.0 Å². The van der Waals surface area contributed by atoms with Gasteiger partial charge in [0.25, 0.3) is 5.56 Å². The molecule has 8 heteroatoms. The topological polar surface area (TPSA) is 75.5 Å². The molecule has 21 heavy (non-hydrogen) atoms. The summed E-state index contributed by atoms with van der Waals surface area (Å²) in [7, 11) is 0. The van der Waals surface area contributed by atoms with Crippen molar-refractivity contribution in [3.8, 4) is 0 Å². The fourth-order valence-corrected chi connectivity index (χ4v) is 3.66. The first kappa shape index (κ1) is 14.1. The Kier molecular flexibility index (Phi) is 3.96. The summed E-state index contributed by atoms with van der Waals surface area (Å²) in [6, 6.07) is 1.42. The third-order valence-electron chi connectivity index (χ3n) is 3.84. The van der Waals surface area contributed by atoms with Crippen molar-refractivity contribution in [3.63, 3.8) is 0 Å². The van der Waals surface area contributed by atoms with Crippen LogP contribution in [-0.2, 0) is 16.1 Å². The van der Waals surface area contributed by atoms with Gasteiger partial charge < -0.3 is 9.80 Å². The van der Waals surface area contributed by atoms with E-state index < -0.39 is 0 Å². The maximum absolute atomic E-state index is 12.5. The molecule has 3 rings (SSSR count). The van der Waals surface area contributed by atoms with Crippen LogP contribution in [0.3, 0.4) is 0 Å². The Balaban J connectivity index is 1.69. The number of carbonyl (C=O) groups is 2. The zero-order chi connectivity index (χ0) is 14.8. The summed E-state index contributed by atoms with van der Waals surface area (Å²) in [5.41, 5.74) is -0.115. The molecule has 1 unspecified atom stereocenters. The molecule has 2 aliphatic heterocycles. The molecule has 0 aromatic carbocycles. The Bertz CT molecular complexity index is 610. The highest BCUT2D eigenvalue weighted by atomic mass is 32.2. The van der Waals surface area contributed by atoms with Crippen LogP contribution in [0.2, 0.25) is 0 Å². The van der Waals surface area contributed by atoms with Crippen LogP contribution < -0.4 is 5.56 Å². The summed E-state index contributed by atoms with van der Waals surface area (Å²) in [5, 5.41) is 0.678. The molecule has 1 saturated heterocycles. The van der Waals surface area contributed by atoms with Crippen LogP contribution in [0.4, 0.5) is 0 Å². The molecule has 112 valence electrons. The first-order valence-corrected chi connectivity index (χ1v) is 7.84. The first-order valence-electron chi connectivity index (χ1n) is 6.86. The second-order valence-corrected chi connectivity index (χ2v) is 6.14. The van der Waals surface area contributed by atoms with E-state index in [-0.39, 0.29) is 17.4 Å². The number of fused-ring (bicyclic) bond motifs is 1. The molecule has 3 heterocycles. The number of hydrogen-bond donors (Lipinski definition) is 0. The van der Waals surface area contributed by atoms with Crippen LogP contribution in [0.15, 0.2) is 22.2 Å². The van der Waals surface area contributed by atoms with Crippen LogP contribution in [-0.4, -0.2) is 63.6 Å². The molecule has 1 atom stereocenters. The van der Waals surface area contributed by atoms with Crippen molar-refractivity contribution >= 4 is 24.1 Å². The minimum absolute atomic E-state index is 0.0643. The van der Waals surface area contributed by atoms with Gasteiger partial charge in [-0.15, -0.1) is 0 Å².